The fraction of sp³-hybridized carbons (Fsp3) is 0.500. The summed E-state index contributed by atoms with van der Waals surface area (Å²) in [5.74, 6) is 0.700. The Bertz CT molecular complexity index is 380. The third-order valence-electron chi connectivity index (χ3n) is 2.39. The van der Waals surface area contributed by atoms with Crippen LogP contribution in [0.5, 0.6) is 0 Å². The summed E-state index contributed by atoms with van der Waals surface area (Å²) in [6.45, 7) is 0.822. The number of rotatable bonds is 4. The van der Waals surface area contributed by atoms with E-state index in [0.29, 0.717) is 11.1 Å². The van der Waals surface area contributed by atoms with Gasteiger partial charge in [0, 0.05) is 11.8 Å². The largest absolute Gasteiger partial charge is 0.476 e. The Hall–Kier alpha value is -1.30. The maximum absolute atomic E-state index is 10.7. The normalized spacial score (nSPS) is 19.6. The van der Waals surface area contributed by atoms with Gasteiger partial charge in [-0.25, -0.2) is 9.78 Å². The molecule has 0 aliphatic carbocycles. The Morgan fingerprint density at radius 1 is 1.62 bits per heavy atom. The standard InChI is InChI=1S/C10H13N3O2S/c14-10(15)8-5-11-6-9(13-8)12-4-7-2-1-3-16-7/h5-7H,1-4H2,(H,12,13)(H,14,15). The van der Waals surface area contributed by atoms with E-state index in [-0.39, 0.29) is 5.69 Å². The Morgan fingerprint density at radius 2 is 2.50 bits per heavy atom. The molecule has 2 heterocycles. The minimum Gasteiger partial charge on any atom is -0.476 e. The Kier molecular flexibility index (Phi) is 3.61. The molecule has 0 bridgehead atoms. The van der Waals surface area contributed by atoms with Crippen molar-refractivity contribution in [3.8, 4) is 0 Å². The number of carbonyl (C=O) groups is 1. The molecule has 1 aromatic rings. The summed E-state index contributed by atoms with van der Waals surface area (Å²) in [5, 5.41) is 12.5. The third kappa shape index (κ3) is 2.85. The van der Waals surface area contributed by atoms with Gasteiger partial charge < -0.3 is 10.4 Å². The molecule has 0 saturated carbocycles. The molecule has 1 saturated heterocycles. The molecule has 0 aromatic carbocycles. The molecule has 1 aliphatic rings. The molecule has 1 unspecified atom stereocenters. The molecule has 6 heteroatoms. The van der Waals surface area contributed by atoms with Crippen molar-refractivity contribution in [1.82, 2.24) is 9.97 Å². The molecule has 1 fully saturated rings. The van der Waals surface area contributed by atoms with Crippen molar-refractivity contribution in [2.24, 2.45) is 0 Å². The molecule has 5 nitrogen and oxygen atoms in total. The Balaban J connectivity index is 1.93. The zero-order chi connectivity index (χ0) is 11.4. The van der Waals surface area contributed by atoms with Crippen molar-refractivity contribution in [3.63, 3.8) is 0 Å². The van der Waals surface area contributed by atoms with Crippen molar-refractivity contribution >= 4 is 23.5 Å². The van der Waals surface area contributed by atoms with E-state index in [0.717, 1.165) is 6.54 Å². The van der Waals surface area contributed by atoms with Crippen LogP contribution >= 0.6 is 11.8 Å². The molecule has 16 heavy (non-hydrogen) atoms. The summed E-state index contributed by atoms with van der Waals surface area (Å²) in [6.07, 6.45) is 5.27. The SMILES string of the molecule is O=C(O)c1cncc(NCC2CCCS2)n1. The lowest BCUT2D eigenvalue weighted by Crippen LogP contribution is -2.15. The van der Waals surface area contributed by atoms with E-state index in [9.17, 15) is 4.79 Å². The first kappa shape index (κ1) is 11.2. The van der Waals surface area contributed by atoms with E-state index in [2.05, 4.69) is 15.3 Å². The maximum Gasteiger partial charge on any atom is 0.356 e. The van der Waals surface area contributed by atoms with Crippen LogP contribution in [0.15, 0.2) is 12.4 Å². The monoisotopic (exact) mass is 239 g/mol. The zero-order valence-corrected chi connectivity index (χ0v) is 9.54. The van der Waals surface area contributed by atoms with Gasteiger partial charge >= 0.3 is 5.97 Å². The van der Waals surface area contributed by atoms with Gasteiger partial charge in [0.05, 0.1) is 12.4 Å². The lowest BCUT2D eigenvalue weighted by Gasteiger charge is -2.10. The van der Waals surface area contributed by atoms with Gasteiger partial charge in [0.25, 0.3) is 0 Å². The number of hydrogen-bond acceptors (Lipinski definition) is 5. The smallest absolute Gasteiger partial charge is 0.356 e. The number of nitrogens with one attached hydrogen (secondary N) is 1. The molecule has 0 radical (unpaired) electrons. The van der Waals surface area contributed by atoms with E-state index in [1.165, 1.54) is 24.8 Å². The van der Waals surface area contributed by atoms with Gasteiger partial charge in [0.1, 0.15) is 5.82 Å². The minimum absolute atomic E-state index is 0.0240. The first-order chi connectivity index (χ1) is 7.75. The van der Waals surface area contributed by atoms with Gasteiger partial charge in [-0.05, 0) is 18.6 Å². The van der Waals surface area contributed by atoms with E-state index in [1.54, 1.807) is 6.20 Å². The van der Waals surface area contributed by atoms with Gasteiger partial charge in [-0.15, -0.1) is 0 Å². The van der Waals surface area contributed by atoms with E-state index in [1.807, 2.05) is 11.8 Å². The first-order valence-electron chi connectivity index (χ1n) is 5.16. The fourth-order valence-electron chi connectivity index (χ4n) is 1.58. The van der Waals surface area contributed by atoms with Crippen LogP contribution in [-0.4, -0.2) is 38.6 Å². The highest BCUT2D eigenvalue weighted by Gasteiger charge is 2.15. The van der Waals surface area contributed by atoms with Gasteiger partial charge in [-0.3, -0.25) is 4.98 Å². The fourth-order valence-corrected chi connectivity index (χ4v) is 2.78. The summed E-state index contributed by atoms with van der Waals surface area (Å²) < 4.78 is 0. The molecule has 1 aromatic heterocycles. The van der Waals surface area contributed by atoms with E-state index < -0.39 is 5.97 Å². The highest BCUT2D eigenvalue weighted by molar-refractivity contribution is 8.00. The van der Waals surface area contributed by atoms with Crippen molar-refractivity contribution in [2.75, 3.05) is 17.6 Å². The number of thioether (sulfide) groups is 1. The maximum atomic E-state index is 10.7. The van der Waals surface area contributed by atoms with Crippen molar-refractivity contribution in [1.29, 1.82) is 0 Å². The molecule has 86 valence electrons. The molecule has 2 rings (SSSR count). The average molecular weight is 239 g/mol. The minimum atomic E-state index is -1.05. The van der Waals surface area contributed by atoms with Crippen LogP contribution < -0.4 is 5.32 Å². The molecular weight excluding hydrogens is 226 g/mol. The highest BCUT2D eigenvalue weighted by atomic mass is 32.2. The van der Waals surface area contributed by atoms with Gasteiger partial charge in [0.15, 0.2) is 5.69 Å². The predicted molar refractivity (Wildman–Crippen MR) is 63.0 cm³/mol. The molecule has 0 spiro atoms. The zero-order valence-electron chi connectivity index (χ0n) is 8.72. The van der Waals surface area contributed by atoms with Crippen LogP contribution in [0.3, 0.4) is 0 Å². The summed E-state index contributed by atoms with van der Waals surface area (Å²) in [4.78, 5) is 18.5. The highest BCUT2D eigenvalue weighted by Crippen LogP contribution is 2.25. The molecular formula is C10H13N3O2S. The number of aromatic carboxylic acids is 1. The number of anilines is 1. The topological polar surface area (TPSA) is 75.1 Å². The van der Waals surface area contributed by atoms with Gasteiger partial charge in [-0.1, -0.05) is 0 Å². The molecule has 0 amide bonds. The van der Waals surface area contributed by atoms with Gasteiger partial charge in [-0.2, -0.15) is 11.8 Å². The van der Waals surface area contributed by atoms with Crippen LogP contribution in [-0.2, 0) is 0 Å². The number of aromatic nitrogens is 2. The van der Waals surface area contributed by atoms with Crippen LogP contribution in [0.1, 0.15) is 23.3 Å². The number of carboxylic acid groups (broad SMARTS) is 1. The predicted octanol–water partition coefficient (Wildman–Crippen LogP) is 1.48. The lowest BCUT2D eigenvalue weighted by molar-refractivity contribution is 0.0690. The van der Waals surface area contributed by atoms with E-state index in [4.69, 9.17) is 5.11 Å². The molecule has 1 aliphatic heterocycles. The molecule has 1 atom stereocenters. The summed E-state index contributed by atoms with van der Waals surface area (Å²) in [6, 6.07) is 0. The van der Waals surface area contributed by atoms with Crippen molar-refractivity contribution in [3.05, 3.63) is 18.1 Å². The van der Waals surface area contributed by atoms with Crippen LogP contribution in [0.4, 0.5) is 5.82 Å². The van der Waals surface area contributed by atoms with Gasteiger partial charge in [0.2, 0.25) is 0 Å². The van der Waals surface area contributed by atoms with Crippen LogP contribution in [0, 0.1) is 0 Å². The second-order valence-electron chi connectivity index (χ2n) is 3.61. The lowest BCUT2D eigenvalue weighted by atomic mass is 10.2. The van der Waals surface area contributed by atoms with Crippen molar-refractivity contribution < 1.29 is 9.90 Å². The summed E-state index contributed by atoms with van der Waals surface area (Å²) >= 11 is 1.95. The van der Waals surface area contributed by atoms with E-state index >= 15 is 0 Å². The Morgan fingerprint density at radius 3 is 3.19 bits per heavy atom. The second-order valence-corrected chi connectivity index (χ2v) is 5.02. The summed E-state index contributed by atoms with van der Waals surface area (Å²) in [5.41, 5.74) is -0.0240. The van der Waals surface area contributed by atoms with Crippen molar-refractivity contribution in [2.45, 2.75) is 18.1 Å². The number of nitrogens with zero attached hydrogens (tertiary/aromatic N) is 2. The second kappa shape index (κ2) is 5.16. The summed E-state index contributed by atoms with van der Waals surface area (Å²) in [7, 11) is 0. The van der Waals surface area contributed by atoms with Crippen LogP contribution in [0.2, 0.25) is 0 Å². The Labute approximate surface area is 97.7 Å². The average Bonchev–Trinajstić information content (AvgIpc) is 2.79. The first-order valence-corrected chi connectivity index (χ1v) is 6.21. The third-order valence-corrected chi connectivity index (χ3v) is 3.79. The number of hydrogen-bond donors (Lipinski definition) is 2. The van der Waals surface area contributed by atoms with Crippen LogP contribution in [0.25, 0.3) is 0 Å². The quantitative estimate of drug-likeness (QED) is 0.829. The molecule has 2 N–H and O–H groups in total. The number of carboxylic acids is 1.